The Kier molecular flexibility index (Phi) is 9.58. The van der Waals surface area contributed by atoms with Crippen molar-refractivity contribution in [2.24, 2.45) is 7.05 Å². The lowest BCUT2D eigenvalue weighted by Crippen LogP contribution is -2.48. The zero-order valence-electron chi connectivity index (χ0n) is 31.2. The van der Waals surface area contributed by atoms with E-state index in [0.717, 1.165) is 70.4 Å². The van der Waals surface area contributed by atoms with Gasteiger partial charge in [0, 0.05) is 42.2 Å². The Morgan fingerprint density at radius 1 is 1.00 bits per heavy atom. The van der Waals surface area contributed by atoms with Gasteiger partial charge in [-0.05, 0) is 106 Å². The summed E-state index contributed by atoms with van der Waals surface area (Å²) in [4.78, 5) is 29.8. The van der Waals surface area contributed by atoms with E-state index in [0.29, 0.717) is 36.8 Å². The summed E-state index contributed by atoms with van der Waals surface area (Å²) in [6, 6.07) is 11.7. The Morgan fingerprint density at radius 3 is 2.38 bits per heavy atom. The smallest absolute Gasteiger partial charge is 0.264 e. The topological polar surface area (TPSA) is 125 Å². The first-order valence-electron chi connectivity index (χ1n) is 18.4. The number of benzene rings is 2. The van der Waals surface area contributed by atoms with Crippen molar-refractivity contribution < 1.29 is 27.5 Å². The lowest BCUT2D eigenvalue weighted by atomic mass is 9.81. The van der Waals surface area contributed by atoms with Gasteiger partial charge in [0.1, 0.15) is 5.75 Å². The van der Waals surface area contributed by atoms with Crippen LogP contribution in [0.2, 0.25) is 0 Å². The summed E-state index contributed by atoms with van der Waals surface area (Å²) in [5, 5.41) is 5.08. The molecule has 52 heavy (non-hydrogen) atoms. The largest absolute Gasteiger partial charge is 0.497 e. The molecular formula is C40H49N5O6S. The second-order valence-electron chi connectivity index (χ2n) is 15.0. The van der Waals surface area contributed by atoms with Gasteiger partial charge in [-0.2, -0.15) is 5.10 Å². The number of methoxy groups -OCH3 is 1. The van der Waals surface area contributed by atoms with Gasteiger partial charge in [0.2, 0.25) is 10.0 Å². The van der Waals surface area contributed by atoms with Crippen LogP contribution < -0.4 is 9.46 Å². The molecule has 2 amide bonds. The molecule has 276 valence electrons. The summed E-state index contributed by atoms with van der Waals surface area (Å²) in [6.45, 7) is 10.3. The van der Waals surface area contributed by atoms with E-state index in [-0.39, 0.29) is 23.7 Å². The van der Waals surface area contributed by atoms with E-state index in [1.54, 1.807) is 31.7 Å². The number of fused-ring (bicyclic) bond motifs is 5. The summed E-state index contributed by atoms with van der Waals surface area (Å²) in [5.41, 5.74) is 8.23. The van der Waals surface area contributed by atoms with Gasteiger partial charge in [-0.1, -0.05) is 25.3 Å². The van der Waals surface area contributed by atoms with Crippen molar-refractivity contribution in [3.8, 4) is 17.0 Å². The maximum atomic E-state index is 14.4. The van der Waals surface area contributed by atoms with Gasteiger partial charge in [0.15, 0.2) is 0 Å². The van der Waals surface area contributed by atoms with Gasteiger partial charge in [-0.3, -0.25) is 14.3 Å². The molecule has 1 N–H and O–H groups in total. The van der Waals surface area contributed by atoms with Crippen molar-refractivity contribution in [3.63, 3.8) is 0 Å². The number of sulfonamides is 1. The van der Waals surface area contributed by atoms with E-state index in [1.807, 2.05) is 57.0 Å². The summed E-state index contributed by atoms with van der Waals surface area (Å²) < 4.78 is 43.5. The van der Waals surface area contributed by atoms with Crippen LogP contribution in [-0.4, -0.2) is 77.1 Å². The lowest BCUT2D eigenvalue weighted by molar-refractivity contribution is -0.0586. The van der Waals surface area contributed by atoms with Crippen LogP contribution in [0.3, 0.4) is 0 Å². The van der Waals surface area contributed by atoms with Crippen molar-refractivity contribution in [3.05, 3.63) is 70.0 Å². The third-order valence-corrected chi connectivity index (χ3v) is 12.6. The Labute approximate surface area is 306 Å². The minimum atomic E-state index is -3.84. The SMILES string of the molecule is COc1ccc2c(c1)C=C(c1c(C(=O)N3CC(C)OC(C)C3)c(C)nn1C)Cn1c-2c(C2CCCCC2)c2ccc(C(=O)NS(=O)(=O)C(C)C)cc21. The number of nitrogens with zero attached hydrogens (tertiary/aromatic N) is 4. The normalized spacial score (nSPS) is 19.6. The first kappa shape index (κ1) is 36.0. The van der Waals surface area contributed by atoms with E-state index >= 15 is 0 Å². The number of nitrogens with one attached hydrogen (secondary N) is 1. The third kappa shape index (κ3) is 6.44. The number of hydrogen-bond donors (Lipinski definition) is 1. The minimum Gasteiger partial charge on any atom is -0.497 e. The second-order valence-corrected chi connectivity index (χ2v) is 17.2. The molecule has 0 bridgehead atoms. The molecule has 3 aliphatic rings. The summed E-state index contributed by atoms with van der Waals surface area (Å²) in [5.74, 6) is 0.289. The molecule has 2 atom stereocenters. The minimum absolute atomic E-state index is 0.0792. The number of aromatic nitrogens is 3. The van der Waals surface area contributed by atoms with E-state index in [2.05, 4.69) is 21.4 Å². The fraction of sp³-hybridized carbons (Fsp3) is 0.475. The lowest BCUT2D eigenvalue weighted by Gasteiger charge is -2.35. The maximum absolute atomic E-state index is 14.4. The molecule has 2 aromatic carbocycles. The number of ether oxygens (including phenoxy) is 2. The predicted molar refractivity (Wildman–Crippen MR) is 203 cm³/mol. The highest BCUT2D eigenvalue weighted by atomic mass is 32.2. The summed E-state index contributed by atoms with van der Waals surface area (Å²) >= 11 is 0. The van der Waals surface area contributed by atoms with Gasteiger partial charge in [-0.15, -0.1) is 0 Å². The van der Waals surface area contributed by atoms with Gasteiger partial charge < -0.3 is 18.9 Å². The fourth-order valence-electron chi connectivity index (χ4n) is 8.42. The van der Waals surface area contributed by atoms with Crippen LogP contribution >= 0.6 is 0 Å². The Balaban J connectivity index is 1.46. The molecule has 11 nitrogen and oxygen atoms in total. The fourth-order valence-corrected chi connectivity index (χ4v) is 9.03. The number of allylic oxidation sites excluding steroid dienone is 1. The van der Waals surface area contributed by atoms with Gasteiger partial charge in [0.25, 0.3) is 11.8 Å². The van der Waals surface area contributed by atoms with E-state index in [9.17, 15) is 18.0 Å². The Morgan fingerprint density at radius 2 is 1.71 bits per heavy atom. The molecule has 2 unspecified atom stereocenters. The van der Waals surface area contributed by atoms with Crippen molar-refractivity contribution in [1.82, 2.24) is 24.0 Å². The van der Waals surface area contributed by atoms with Crippen LogP contribution in [0.5, 0.6) is 5.75 Å². The molecule has 1 saturated heterocycles. The first-order valence-corrected chi connectivity index (χ1v) is 19.9. The zero-order chi connectivity index (χ0) is 37.1. The molecule has 2 aliphatic heterocycles. The summed E-state index contributed by atoms with van der Waals surface area (Å²) in [7, 11) is -0.303. The van der Waals surface area contributed by atoms with Crippen molar-refractivity contribution >= 4 is 44.4 Å². The average molecular weight is 728 g/mol. The van der Waals surface area contributed by atoms with Crippen molar-refractivity contribution in [1.29, 1.82) is 0 Å². The second kappa shape index (κ2) is 13.9. The maximum Gasteiger partial charge on any atom is 0.264 e. The van der Waals surface area contributed by atoms with E-state index in [4.69, 9.17) is 14.6 Å². The number of aryl methyl sites for hydroxylation is 2. The predicted octanol–water partition coefficient (Wildman–Crippen LogP) is 6.68. The highest BCUT2D eigenvalue weighted by Gasteiger charge is 2.35. The number of morpholine rings is 1. The molecule has 4 heterocycles. The van der Waals surface area contributed by atoms with Crippen LogP contribution in [0.15, 0.2) is 36.4 Å². The number of hydrogen-bond acceptors (Lipinski definition) is 7. The molecule has 1 saturated carbocycles. The van der Waals surface area contributed by atoms with Crippen LogP contribution in [0.25, 0.3) is 33.8 Å². The quantitative estimate of drug-likeness (QED) is 0.225. The molecule has 0 radical (unpaired) electrons. The molecule has 0 spiro atoms. The van der Waals surface area contributed by atoms with Crippen molar-refractivity contribution in [2.75, 3.05) is 20.2 Å². The molecule has 4 aromatic rings. The molecule has 2 aromatic heterocycles. The van der Waals surface area contributed by atoms with Crippen LogP contribution in [0.1, 0.15) is 109 Å². The first-order chi connectivity index (χ1) is 24.8. The number of rotatable bonds is 7. The molecular weight excluding hydrogens is 679 g/mol. The summed E-state index contributed by atoms with van der Waals surface area (Å²) in [6.07, 6.45) is 7.58. The van der Waals surface area contributed by atoms with Crippen LogP contribution in [0.4, 0.5) is 0 Å². The molecule has 1 aliphatic carbocycles. The Hall–Kier alpha value is -4.42. The van der Waals surface area contributed by atoms with E-state index in [1.165, 1.54) is 12.0 Å². The van der Waals surface area contributed by atoms with E-state index < -0.39 is 21.2 Å². The van der Waals surface area contributed by atoms with Crippen LogP contribution in [0, 0.1) is 6.92 Å². The highest BCUT2D eigenvalue weighted by Crippen LogP contribution is 2.48. The number of carbonyl (C=O) groups is 2. The van der Waals surface area contributed by atoms with Crippen LogP contribution in [-0.2, 0) is 28.4 Å². The number of carbonyl (C=O) groups excluding carboxylic acids is 2. The third-order valence-electron chi connectivity index (χ3n) is 10.9. The van der Waals surface area contributed by atoms with Gasteiger partial charge in [0.05, 0.1) is 53.8 Å². The van der Waals surface area contributed by atoms with Crippen molar-refractivity contribution in [2.45, 2.75) is 96.6 Å². The number of amides is 2. The Bertz CT molecular complexity index is 2200. The zero-order valence-corrected chi connectivity index (χ0v) is 32.0. The highest BCUT2D eigenvalue weighted by molar-refractivity contribution is 7.90. The average Bonchev–Trinajstić information content (AvgIpc) is 3.52. The molecule has 2 fully saturated rings. The standard InChI is InChI=1S/C40H49N5O6S/c1-23(2)52(48,49)42-39(46)28-13-15-33-34(19-28)45-22-30(37-35(26(5)41-43(37)6)40(47)44-20-24(3)51-25(4)21-44)17-29-18-31(50-7)14-16-32(29)38(45)36(33)27-11-9-8-10-12-27/h13-19,23-25,27H,8-12,20-22H2,1-7H3,(H,42,46). The van der Waals surface area contributed by atoms with Gasteiger partial charge >= 0.3 is 0 Å². The van der Waals surface area contributed by atoms with Gasteiger partial charge in [-0.25, -0.2) is 13.1 Å². The molecule has 7 rings (SSSR count). The monoisotopic (exact) mass is 727 g/mol. The molecule has 12 heteroatoms.